The molecule has 0 saturated carbocycles. The number of hydrogen-bond acceptors (Lipinski definition) is 5. The van der Waals surface area contributed by atoms with Crippen molar-refractivity contribution in [2.45, 2.75) is 13.0 Å². The lowest BCUT2D eigenvalue weighted by atomic mass is 9.96. The first-order chi connectivity index (χ1) is 13.1. The number of phenolic OH excluding ortho intramolecular Hbond substituents is 1. The fourth-order valence-corrected chi connectivity index (χ4v) is 3.02. The summed E-state index contributed by atoms with van der Waals surface area (Å²) in [7, 11) is 0. The third-order valence-corrected chi connectivity index (χ3v) is 4.36. The lowest BCUT2D eigenvalue weighted by Gasteiger charge is -2.21. The number of halogens is 1. The molecule has 27 heavy (non-hydrogen) atoms. The molecular weight excluding hydrogens is 343 g/mol. The van der Waals surface area contributed by atoms with Gasteiger partial charge in [-0.15, -0.1) is 0 Å². The Kier molecular flexibility index (Phi) is 4.38. The Morgan fingerprint density at radius 2 is 1.67 bits per heavy atom. The summed E-state index contributed by atoms with van der Waals surface area (Å²) in [5.74, 6) is 0.158. The molecule has 2 heterocycles. The summed E-state index contributed by atoms with van der Waals surface area (Å²) >= 11 is 0. The highest BCUT2D eigenvalue weighted by Gasteiger charge is 2.21. The zero-order valence-electron chi connectivity index (χ0n) is 14.6. The zero-order valence-corrected chi connectivity index (χ0v) is 14.6. The predicted molar refractivity (Wildman–Crippen MR) is 102 cm³/mol. The van der Waals surface area contributed by atoms with Gasteiger partial charge in [0, 0.05) is 29.0 Å². The molecule has 0 bridgehead atoms. The summed E-state index contributed by atoms with van der Waals surface area (Å²) in [5, 5.41) is 15.0. The number of aromatic nitrogens is 3. The van der Waals surface area contributed by atoms with E-state index in [0.29, 0.717) is 17.0 Å². The molecule has 134 valence electrons. The Morgan fingerprint density at radius 1 is 0.963 bits per heavy atom. The van der Waals surface area contributed by atoms with Crippen LogP contribution in [0.2, 0.25) is 0 Å². The zero-order chi connectivity index (χ0) is 18.8. The quantitative estimate of drug-likeness (QED) is 0.565. The van der Waals surface area contributed by atoms with Gasteiger partial charge in [0.2, 0.25) is 5.95 Å². The van der Waals surface area contributed by atoms with E-state index in [4.69, 9.17) is 0 Å². The maximum absolute atomic E-state index is 13.4. The first-order valence-corrected chi connectivity index (χ1v) is 8.50. The molecule has 0 saturated heterocycles. The standard InChI is InChI=1S/C21H17FN4O/c1-13-3-4-15-7-10-17(20(27)19(15)25-13)18(14-5-8-16(22)9-6-14)26-21-23-11-2-12-24-21/h2-12,18,27H,1H3,(H,23,24,26). The summed E-state index contributed by atoms with van der Waals surface area (Å²) < 4.78 is 13.4. The Balaban J connectivity index is 1.86. The number of anilines is 1. The molecule has 1 atom stereocenters. The van der Waals surface area contributed by atoms with Crippen LogP contribution < -0.4 is 5.32 Å². The van der Waals surface area contributed by atoms with E-state index in [-0.39, 0.29) is 11.6 Å². The molecule has 0 radical (unpaired) electrons. The average Bonchev–Trinajstić information content (AvgIpc) is 2.69. The Bertz CT molecular complexity index is 1080. The van der Waals surface area contributed by atoms with Gasteiger partial charge in [-0.3, -0.25) is 0 Å². The van der Waals surface area contributed by atoms with Gasteiger partial charge in [0.05, 0.1) is 6.04 Å². The first kappa shape index (κ1) is 16.9. The minimum atomic E-state index is -0.472. The summed E-state index contributed by atoms with van der Waals surface area (Å²) in [6.45, 7) is 1.87. The number of nitrogens with one attached hydrogen (secondary N) is 1. The van der Waals surface area contributed by atoms with Crippen molar-refractivity contribution in [2.75, 3.05) is 5.32 Å². The molecule has 0 aliphatic rings. The molecule has 5 nitrogen and oxygen atoms in total. The number of aromatic hydroxyl groups is 1. The molecule has 4 aromatic rings. The summed E-state index contributed by atoms with van der Waals surface area (Å²) in [6, 6.07) is 14.9. The van der Waals surface area contributed by atoms with Crippen LogP contribution in [0.3, 0.4) is 0 Å². The summed E-state index contributed by atoms with van der Waals surface area (Å²) in [5.41, 5.74) is 2.72. The fourth-order valence-electron chi connectivity index (χ4n) is 3.02. The number of phenols is 1. The normalized spacial score (nSPS) is 12.1. The van der Waals surface area contributed by atoms with Gasteiger partial charge in [-0.2, -0.15) is 0 Å². The van der Waals surface area contributed by atoms with Gasteiger partial charge in [-0.25, -0.2) is 19.3 Å². The molecule has 1 unspecified atom stereocenters. The van der Waals surface area contributed by atoms with Gasteiger partial charge in [0.25, 0.3) is 0 Å². The van der Waals surface area contributed by atoms with Gasteiger partial charge >= 0.3 is 0 Å². The van der Waals surface area contributed by atoms with Gasteiger partial charge in [0.1, 0.15) is 17.1 Å². The first-order valence-electron chi connectivity index (χ1n) is 8.50. The van der Waals surface area contributed by atoms with E-state index in [1.165, 1.54) is 12.1 Å². The Labute approximate surface area is 155 Å². The largest absolute Gasteiger partial charge is 0.505 e. The molecule has 2 aromatic carbocycles. The van der Waals surface area contributed by atoms with Gasteiger partial charge < -0.3 is 10.4 Å². The van der Waals surface area contributed by atoms with E-state index in [2.05, 4.69) is 20.3 Å². The minimum Gasteiger partial charge on any atom is -0.505 e. The van der Waals surface area contributed by atoms with Crippen molar-refractivity contribution in [1.82, 2.24) is 15.0 Å². The highest BCUT2D eigenvalue weighted by molar-refractivity contribution is 5.86. The lowest BCUT2D eigenvalue weighted by Crippen LogP contribution is -2.14. The van der Waals surface area contributed by atoms with E-state index < -0.39 is 6.04 Å². The average molecular weight is 360 g/mol. The number of rotatable bonds is 4. The number of benzene rings is 2. The van der Waals surface area contributed by atoms with Crippen LogP contribution in [0.15, 0.2) is 67.0 Å². The van der Waals surface area contributed by atoms with Crippen molar-refractivity contribution in [3.63, 3.8) is 0 Å². The van der Waals surface area contributed by atoms with Crippen molar-refractivity contribution in [2.24, 2.45) is 0 Å². The molecule has 2 aromatic heterocycles. The van der Waals surface area contributed by atoms with Crippen LogP contribution in [-0.2, 0) is 0 Å². The van der Waals surface area contributed by atoms with Crippen molar-refractivity contribution in [1.29, 1.82) is 0 Å². The number of aryl methyl sites for hydroxylation is 1. The lowest BCUT2D eigenvalue weighted by molar-refractivity contribution is 0.471. The number of nitrogens with zero attached hydrogens (tertiary/aromatic N) is 3. The minimum absolute atomic E-state index is 0.0777. The van der Waals surface area contributed by atoms with Crippen molar-refractivity contribution < 1.29 is 9.50 Å². The van der Waals surface area contributed by atoms with E-state index in [1.807, 2.05) is 31.2 Å². The monoisotopic (exact) mass is 360 g/mol. The second-order valence-corrected chi connectivity index (χ2v) is 6.23. The van der Waals surface area contributed by atoms with Crippen molar-refractivity contribution >= 4 is 16.9 Å². The topological polar surface area (TPSA) is 70.9 Å². The molecule has 2 N–H and O–H groups in total. The predicted octanol–water partition coefficient (Wildman–Crippen LogP) is 4.38. The van der Waals surface area contributed by atoms with Gasteiger partial charge in [0.15, 0.2) is 0 Å². The van der Waals surface area contributed by atoms with Crippen LogP contribution in [0.1, 0.15) is 22.9 Å². The smallest absolute Gasteiger partial charge is 0.223 e. The second kappa shape index (κ2) is 6.99. The third-order valence-electron chi connectivity index (χ3n) is 4.36. The molecular formula is C21H17FN4O. The van der Waals surface area contributed by atoms with E-state index in [9.17, 15) is 9.50 Å². The van der Waals surface area contributed by atoms with Crippen molar-refractivity contribution in [3.05, 3.63) is 89.6 Å². The highest BCUT2D eigenvalue weighted by Crippen LogP contribution is 2.36. The molecule has 0 spiro atoms. The van der Waals surface area contributed by atoms with Gasteiger partial charge in [-0.1, -0.05) is 30.3 Å². The van der Waals surface area contributed by atoms with Crippen LogP contribution in [-0.4, -0.2) is 20.1 Å². The molecule has 0 fully saturated rings. The molecule has 4 rings (SSSR count). The molecule has 0 aliphatic carbocycles. The third kappa shape index (κ3) is 3.42. The van der Waals surface area contributed by atoms with E-state index in [0.717, 1.165) is 16.6 Å². The maximum Gasteiger partial charge on any atom is 0.223 e. The summed E-state index contributed by atoms with van der Waals surface area (Å²) in [6.07, 6.45) is 3.25. The van der Waals surface area contributed by atoms with E-state index in [1.54, 1.807) is 30.6 Å². The van der Waals surface area contributed by atoms with Crippen LogP contribution in [0, 0.1) is 12.7 Å². The van der Waals surface area contributed by atoms with Crippen molar-refractivity contribution in [3.8, 4) is 5.75 Å². The number of hydrogen-bond donors (Lipinski definition) is 2. The SMILES string of the molecule is Cc1ccc2ccc(C(Nc3ncccn3)c3ccc(F)cc3)c(O)c2n1. The van der Waals surface area contributed by atoms with Gasteiger partial charge in [-0.05, 0) is 36.8 Å². The molecule has 0 amide bonds. The highest BCUT2D eigenvalue weighted by atomic mass is 19.1. The Morgan fingerprint density at radius 3 is 2.41 bits per heavy atom. The Hall–Kier alpha value is -3.54. The van der Waals surface area contributed by atoms with Crippen LogP contribution in [0.25, 0.3) is 10.9 Å². The van der Waals surface area contributed by atoms with E-state index >= 15 is 0 Å². The molecule has 6 heteroatoms. The fraction of sp³-hybridized carbons (Fsp3) is 0.0952. The number of pyridine rings is 1. The number of fused-ring (bicyclic) bond motifs is 1. The van der Waals surface area contributed by atoms with Crippen LogP contribution in [0.5, 0.6) is 5.75 Å². The maximum atomic E-state index is 13.4. The second-order valence-electron chi connectivity index (χ2n) is 6.23. The molecule has 0 aliphatic heterocycles. The van der Waals surface area contributed by atoms with Crippen LogP contribution in [0.4, 0.5) is 10.3 Å². The summed E-state index contributed by atoms with van der Waals surface area (Å²) in [4.78, 5) is 12.9. The van der Waals surface area contributed by atoms with Crippen LogP contribution >= 0.6 is 0 Å².